The molecule has 2 nitrogen and oxygen atoms in total. The lowest BCUT2D eigenvalue weighted by Gasteiger charge is -2.40. The molecule has 3 rings (SSSR count). The zero-order chi connectivity index (χ0) is 11.9. The van der Waals surface area contributed by atoms with Crippen molar-refractivity contribution in [1.82, 2.24) is 5.32 Å². The molecular weight excluding hydrogens is 210 g/mol. The zero-order valence-electron chi connectivity index (χ0n) is 10.8. The molecule has 1 aliphatic carbocycles. The molecule has 2 aliphatic rings. The second kappa shape index (κ2) is 4.02. The number of hydrogen-bond acceptors (Lipinski definition) is 2. The number of hydrogen-bond donors (Lipinski definition) is 1. The summed E-state index contributed by atoms with van der Waals surface area (Å²) in [6.07, 6.45) is 6.20. The van der Waals surface area contributed by atoms with Crippen molar-refractivity contribution in [2.24, 2.45) is 0 Å². The Morgan fingerprint density at radius 1 is 1.29 bits per heavy atom. The highest BCUT2D eigenvalue weighted by Gasteiger charge is 2.42. The third-order valence-electron chi connectivity index (χ3n) is 4.31. The van der Waals surface area contributed by atoms with Gasteiger partial charge in [-0.2, -0.15) is 0 Å². The predicted octanol–water partition coefficient (Wildman–Crippen LogP) is 3.35. The molecule has 0 amide bonds. The SMILES string of the molecule is CNC1CC2(CCCC2)Oc2cc(C)ccc21. The maximum Gasteiger partial charge on any atom is 0.125 e. The summed E-state index contributed by atoms with van der Waals surface area (Å²) in [4.78, 5) is 0. The van der Waals surface area contributed by atoms with Crippen LogP contribution >= 0.6 is 0 Å². The Balaban J connectivity index is 2.00. The van der Waals surface area contributed by atoms with Crippen LogP contribution in [0.4, 0.5) is 0 Å². The zero-order valence-corrected chi connectivity index (χ0v) is 10.8. The number of benzene rings is 1. The van der Waals surface area contributed by atoms with E-state index in [4.69, 9.17) is 4.74 Å². The molecule has 1 saturated carbocycles. The summed E-state index contributed by atoms with van der Waals surface area (Å²) in [5, 5.41) is 3.45. The van der Waals surface area contributed by atoms with Gasteiger partial charge < -0.3 is 10.1 Å². The van der Waals surface area contributed by atoms with Crippen LogP contribution < -0.4 is 10.1 Å². The quantitative estimate of drug-likeness (QED) is 0.800. The minimum Gasteiger partial charge on any atom is -0.487 e. The second-order valence-corrected chi connectivity index (χ2v) is 5.58. The summed E-state index contributed by atoms with van der Waals surface area (Å²) in [6, 6.07) is 7.04. The Morgan fingerprint density at radius 2 is 2.06 bits per heavy atom. The van der Waals surface area contributed by atoms with Crippen LogP contribution in [-0.2, 0) is 0 Å². The number of rotatable bonds is 1. The van der Waals surface area contributed by atoms with Gasteiger partial charge in [0, 0.05) is 18.0 Å². The first-order valence-corrected chi connectivity index (χ1v) is 6.69. The molecule has 92 valence electrons. The molecule has 1 aromatic carbocycles. The Morgan fingerprint density at radius 3 is 2.76 bits per heavy atom. The van der Waals surface area contributed by atoms with E-state index in [1.54, 1.807) is 0 Å². The standard InChI is InChI=1S/C15H21NO/c1-11-5-6-12-13(16-2)10-15(7-3-4-8-15)17-14(12)9-11/h5-6,9,13,16H,3-4,7-8,10H2,1-2H3. The first kappa shape index (κ1) is 11.1. The van der Waals surface area contributed by atoms with E-state index in [2.05, 4.69) is 37.5 Å². The Kier molecular flexibility index (Phi) is 2.62. The second-order valence-electron chi connectivity index (χ2n) is 5.58. The molecule has 1 spiro atoms. The van der Waals surface area contributed by atoms with Crippen molar-refractivity contribution in [2.75, 3.05) is 7.05 Å². The summed E-state index contributed by atoms with van der Waals surface area (Å²) in [7, 11) is 2.06. The lowest BCUT2D eigenvalue weighted by molar-refractivity contribution is 0.0379. The summed E-state index contributed by atoms with van der Waals surface area (Å²) >= 11 is 0. The molecule has 1 atom stereocenters. The smallest absolute Gasteiger partial charge is 0.125 e. The van der Waals surface area contributed by atoms with Gasteiger partial charge in [0.15, 0.2) is 0 Å². The molecule has 1 aromatic rings. The van der Waals surface area contributed by atoms with Crippen LogP contribution in [0.2, 0.25) is 0 Å². The van der Waals surface area contributed by atoms with Crippen molar-refractivity contribution in [2.45, 2.75) is 50.7 Å². The molecule has 0 radical (unpaired) electrons. The van der Waals surface area contributed by atoms with Gasteiger partial charge in [-0.25, -0.2) is 0 Å². The number of nitrogens with one attached hydrogen (secondary N) is 1. The van der Waals surface area contributed by atoms with Crippen LogP contribution in [0.5, 0.6) is 5.75 Å². The first-order chi connectivity index (χ1) is 8.22. The van der Waals surface area contributed by atoms with Gasteiger partial charge in [-0.15, -0.1) is 0 Å². The van der Waals surface area contributed by atoms with Gasteiger partial charge in [0.1, 0.15) is 11.4 Å². The molecule has 0 bridgehead atoms. The van der Waals surface area contributed by atoms with E-state index in [1.165, 1.54) is 36.8 Å². The Bertz CT molecular complexity index is 421. The minimum atomic E-state index is 0.120. The Hall–Kier alpha value is -1.02. The predicted molar refractivity (Wildman–Crippen MR) is 69.4 cm³/mol. The molecule has 1 heterocycles. The van der Waals surface area contributed by atoms with Gasteiger partial charge in [-0.05, 0) is 51.3 Å². The molecule has 17 heavy (non-hydrogen) atoms. The molecule has 1 fully saturated rings. The topological polar surface area (TPSA) is 21.3 Å². The molecule has 1 aliphatic heterocycles. The normalized spacial score (nSPS) is 25.6. The van der Waals surface area contributed by atoms with Crippen LogP contribution in [0.15, 0.2) is 18.2 Å². The van der Waals surface area contributed by atoms with E-state index in [9.17, 15) is 0 Å². The van der Waals surface area contributed by atoms with E-state index in [0.717, 1.165) is 12.2 Å². The maximum atomic E-state index is 6.35. The van der Waals surface area contributed by atoms with E-state index in [1.807, 2.05) is 0 Å². The highest BCUT2D eigenvalue weighted by atomic mass is 16.5. The number of fused-ring (bicyclic) bond motifs is 1. The van der Waals surface area contributed by atoms with Crippen LogP contribution in [0.1, 0.15) is 49.3 Å². The largest absolute Gasteiger partial charge is 0.487 e. The lowest BCUT2D eigenvalue weighted by atomic mass is 9.85. The van der Waals surface area contributed by atoms with Crippen molar-refractivity contribution in [1.29, 1.82) is 0 Å². The highest BCUT2D eigenvalue weighted by molar-refractivity contribution is 5.42. The van der Waals surface area contributed by atoms with Crippen molar-refractivity contribution in [3.05, 3.63) is 29.3 Å². The fourth-order valence-electron chi connectivity index (χ4n) is 3.36. The van der Waals surface area contributed by atoms with E-state index >= 15 is 0 Å². The van der Waals surface area contributed by atoms with Crippen LogP contribution in [0.25, 0.3) is 0 Å². The number of aryl methyl sites for hydroxylation is 1. The van der Waals surface area contributed by atoms with Crippen LogP contribution in [0.3, 0.4) is 0 Å². The van der Waals surface area contributed by atoms with Gasteiger partial charge in [-0.1, -0.05) is 12.1 Å². The van der Waals surface area contributed by atoms with Crippen molar-refractivity contribution < 1.29 is 4.74 Å². The molecule has 0 saturated heterocycles. The van der Waals surface area contributed by atoms with Crippen LogP contribution in [0, 0.1) is 6.92 Å². The van der Waals surface area contributed by atoms with Crippen molar-refractivity contribution >= 4 is 0 Å². The molecule has 2 heteroatoms. The van der Waals surface area contributed by atoms with Crippen molar-refractivity contribution in [3.8, 4) is 5.75 Å². The average molecular weight is 231 g/mol. The monoisotopic (exact) mass is 231 g/mol. The highest BCUT2D eigenvalue weighted by Crippen LogP contribution is 2.47. The molecule has 0 aromatic heterocycles. The van der Waals surface area contributed by atoms with E-state index < -0.39 is 0 Å². The maximum absolute atomic E-state index is 6.35. The fraction of sp³-hybridized carbons (Fsp3) is 0.600. The van der Waals surface area contributed by atoms with Gasteiger partial charge in [0.25, 0.3) is 0 Å². The fourth-order valence-corrected chi connectivity index (χ4v) is 3.36. The van der Waals surface area contributed by atoms with Gasteiger partial charge in [0.05, 0.1) is 0 Å². The summed E-state index contributed by atoms with van der Waals surface area (Å²) in [5.74, 6) is 1.11. The third-order valence-corrected chi connectivity index (χ3v) is 4.31. The lowest BCUT2D eigenvalue weighted by Crippen LogP contribution is -2.41. The first-order valence-electron chi connectivity index (χ1n) is 6.69. The molecular formula is C15H21NO. The van der Waals surface area contributed by atoms with Gasteiger partial charge in [-0.3, -0.25) is 0 Å². The summed E-state index contributed by atoms with van der Waals surface area (Å²) < 4.78 is 6.35. The number of ether oxygens (including phenoxy) is 1. The van der Waals surface area contributed by atoms with E-state index in [-0.39, 0.29) is 5.60 Å². The third kappa shape index (κ3) is 1.85. The minimum absolute atomic E-state index is 0.120. The summed E-state index contributed by atoms with van der Waals surface area (Å²) in [6.45, 7) is 2.13. The van der Waals surface area contributed by atoms with Gasteiger partial charge >= 0.3 is 0 Å². The van der Waals surface area contributed by atoms with Gasteiger partial charge in [0.2, 0.25) is 0 Å². The average Bonchev–Trinajstić information content (AvgIpc) is 2.75. The molecule has 1 unspecified atom stereocenters. The van der Waals surface area contributed by atoms with E-state index in [0.29, 0.717) is 6.04 Å². The molecule has 1 N–H and O–H groups in total. The van der Waals surface area contributed by atoms with Crippen molar-refractivity contribution in [3.63, 3.8) is 0 Å². The summed E-state index contributed by atoms with van der Waals surface area (Å²) in [5.41, 5.74) is 2.73. The van der Waals surface area contributed by atoms with Crippen LogP contribution in [-0.4, -0.2) is 12.6 Å². The Labute approximate surface area is 103 Å².